The molecule has 1 aliphatic rings. The van der Waals surface area contributed by atoms with Crippen LogP contribution in [0.3, 0.4) is 0 Å². The summed E-state index contributed by atoms with van der Waals surface area (Å²) in [7, 11) is 0. The first-order chi connectivity index (χ1) is 8.71. The van der Waals surface area contributed by atoms with Crippen LogP contribution in [0.15, 0.2) is 0 Å². The van der Waals surface area contributed by atoms with Gasteiger partial charge in [-0.15, -0.1) is 0 Å². The van der Waals surface area contributed by atoms with Crippen LogP contribution in [0.1, 0.15) is 64.8 Å². The Labute approximate surface area is 116 Å². The van der Waals surface area contributed by atoms with E-state index in [2.05, 4.69) is 38.0 Å². The second-order valence-corrected chi connectivity index (χ2v) is 7.05. The van der Waals surface area contributed by atoms with E-state index in [0.717, 1.165) is 17.2 Å². The SMILES string of the molecule is Cc1c(N)nc(C(C)(C)C)nc1NC1(C)CCCC1. The molecule has 2 rings (SSSR count). The maximum absolute atomic E-state index is 6.04. The highest BCUT2D eigenvalue weighted by Gasteiger charge is 2.30. The molecule has 0 spiro atoms. The molecule has 0 aromatic carbocycles. The van der Waals surface area contributed by atoms with Crippen LogP contribution in [0.2, 0.25) is 0 Å². The standard InChI is InChI=1S/C15H26N4/c1-10-11(16)17-13(14(2,3)4)18-12(10)19-15(5)8-6-7-9-15/h6-9H2,1-5H3,(H3,16,17,18,19). The van der Waals surface area contributed by atoms with Crippen LogP contribution >= 0.6 is 0 Å². The minimum Gasteiger partial charge on any atom is -0.383 e. The van der Waals surface area contributed by atoms with Crippen LogP contribution < -0.4 is 11.1 Å². The average molecular weight is 262 g/mol. The first-order valence-electron chi connectivity index (χ1n) is 7.14. The number of hydrogen-bond donors (Lipinski definition) is 2. The largest absolute Gasteiger partial charge is 0.383 e. The molecule has 0 bridgehead atoms. The van der Waals surface area contributed by atoms with Crippen molar-refractivity contribution in [1.29, 1.82) is 0 Å². The molecule has 3 N–H and O–H groups in total. The summed E-state index contributed by atoms with van der Waals surface area (Å²) < 4.78 is 0. The van der Waals surface area contributed by atoms with Gasteiger partial charge in [0.15, 0.2) is 0 Å². The summed E-state index contributed by atoms with van der Waals surface area (Å²) in [6.07, 6.45) is 4.97. The smallest absolute Gasteiger partial charge is 0.138 e. The third-order valence-corrected chi connectivity index (χ3v) is 3.98. The predicted octanol–water partition coefficient (Wildman–Crippen LogP) is 3.41. The number of hydrogen-bond acceptors (Lipinski definition) is 4. The summed E-state index contributed by atoms with van der Waals surface area (Å²) in [4.78, 5) is 9.14. The number of nitrogen functional groups attached to an aromatic ring is 1. The van der Waals surface area contributed by atoms with E-state index in [1.807, 2.05) is 6.92 Å². The summed E-state index contributed by atoms with van der Waals surface area (Å²) in [5, 5.41) is 3.61. The molecule has 0 aliphatic heterocycles. The minimum atomic E-state index is -0.0885. The Morgan fingerprint density at radius 2 is 1.74 bits per heavy atom. The molecule has 4 nitrogen and oxygen atoms in total. The fraction of sp³-hybridized carbons (Fsp3) is 0.733. The Morgan fingerprint density at radius 3 is 2.26 bits per heavy atom. The second kappa shape index (κ2) is 4.66. The van der Waals surface area contributed by atoms with Crippen molar-refractivity contribution in [2.24, 2.45) is 0 Å². The van der Waals surface area contributed by atoms with Crippen molar-refractivity contribution in [3.05, 3.63) is 11.4 Å². The van der Waals surface area contributed by atoms with Gasteiger partial charge < -0.3 is 11.1 Å². The maximum atomic E-state index is 6.04. The Hall–Kier alpha value is -1.32. The lowest BCUT2D eigenvalue weighted by molar-refractivity contribution is 0.521. The zero-order valence-electron chi connectivity index (χ0n) is 12.8. The quantitative estimate of drug-likeness (QED) is 0.857. The molecule has 1 fully saturated rings. The van der Waals surface area contributed by atoms with Gasteiger partial charge in [0.1, 0.15) is 17.5 Å². The molecule has 1 saturated carbocycles. The molecule has 0 unspecified atom stereocenters. The van der Waals surface area contributed by atoms with Crippen LogP contribution in [0, 0.1) is 6.92 Å². The lowest BCUT2D eigenvalue weighted by Gasteiger charge is -2.28. The van der Waals surface area contributed by atoms with Crippen LogP contribution in [0.5, 0.6) is 0 Å². The Kier molecular flexibility index (Phi) is 3.45. The number of rotatable bonds is 2. The average Bonchev–Trinajstić information content (AvgIpc) is 2.70. The van der Waals surface area contributed by atoms with Crippen LogP contribution in [0.4, 0.5) is 11.6 Å². The highest BCUT2D eigenvalue weighted by molar-refractivity contribution is 5.56. The molecule has 0 radical (unpaired) electrons. The lowest BCUT2D eigenvalue weighted by Crippen LogP contribution is -2.32. The molecule has 1 aromatic rings. The molecule has 0 amide bonds. The van der Waals surface area contributed by atoms with Gasteiger partial charge in [-0.1, -0.05) is 33.6 Å². The van der Waals surface area contributed by atoms with E-state index >= 15 is 0 Å². The summed E-state index contributed by atoms with van der Waals surface area (Å²) >= 11 is 0. The number of aromatic nitrogens is 2. The fourth-order valence-corrected chi connectivity index (χ4v) is 2.56. The third kappa shape index (κ3) is 2.99. The van der Waals surface area contributed by atoms with Crippen molar-refractivity contribution in [3.8, 4) is 0 Å². The van der Waals surface area contributed by atoms with Crippen molar-refractivity contribution >= 4 is 11.6 Å². The van der Waals surface area contributed by atoms with E-state index in [9.17, 15) is 0 Å². The number of nitrogens with zero attached hydrogens (tertiary/aromatic N) is 2. The van der Waals surface area contributed by atoms with Crippen LogP contribution in [-0.2, 0) is 5.41 Å². The molecule has 1 aliphatic carbocycles. The molecule has 19 heavy (non-hydrogen) atoms. The van der Waals surface area contributed by atoms with Gasteiger partial charge >= 0.3 is 0 Å². The van der Waals surface area contributed by atoms with E-state index in [1.54, 1.807) is 0 Å². The zero-order chi connectivity index (χ0) is 14.3. The Balaban J connectivity index is 2.36. The predicted molar refractivity (Wildman–Crippen MR) is 80.4 cm³/mol. The maximum Gasteiger partial charge on any atom is 0.138 e. The molecule has 1 heterocycles. The summed E-state index contributed by atoms with van der Waals surface area (Å²) in [6, 6.07) is 0. The van der Waals surface area contributed by atoms with E-state index in [-0.39, 0.29) is 11.0 Å². The Bertz CT molecular complexity index is 468. The molecular weight excluding hydrogens is 236 g/mol. The van der Waals surface area contributed by atoms with E-state index in [0.29, 0.717) is 5.82 Å². The molecule has 0 saturated heterocycles. The fourth-order valence-electron chi connectivity index (χ4n) is 2.56. The van der Waals surface area contributed by atoms with Gasteiger partial charge in [0.2, 0.25) is 0 Å². The first kappa shape index (κ1) is 14.1. The normalized spacial score (nSPS) is 18.6. The first-order valence-corrected chi connectivity index (χ1v) is 7.14. The van der Waals surface area contributed by atoms with Crippen molar-refractivity contribution in [2.45, 2.75) is 71.3 Å². The molecular formula is C15H26N4. The summed E-state index contributed by atoms with van der Waals surface area (Å²) in [6.45, 7) is 10.6. The van der Waals surface area contributed by atoms with E-state index in [1.165, 1.54) is 25.7 Å². The molecule has 4 heteroatoms. The molecule has 0 atom stereocenters. The zero-order valence-corrected chi connectivity index (χ0v) is 12.8. The van der Waals surface area contributed by atoms with Crippen molar-refractivity contribution in [2.75, 3.05) is 11.1 Å². The van der Waals surface area contributed by atoms with Gasteiger partial charge in [-0.3, -0.25) is 0 Å². The number of anilines is 2. The van der Waals surface area contributed by atoms with Crippen molar-refractivity contribution in [1.82, 2.24) is 9.97 Å². The van der Waals surface area contributed by atoms with Gasteiger partial charge in [0, 0.05) is 16.5 Å². The van der Waals surface area contributed by atoms with E-state index < -0.39 is 0 Å². The highest BCUT2D eigenvalue weighted by atomic mass is 15.1. The Morgan fingerprint density at radius 1 is 1.16 bits per heavy atom. The van der Waals surface area contributed by atoms with Crippen LogP contribution in [-0.4, -0.2) is 15.5 Å². The lowest BCUT2D eigenvalue weighted by atomic mass is 9.95. The topological polar surface area (TPSA) is 63.8 Å². The third-order valence-electron chi connectivity index (χ3n) is 3.98. The van der Waals surface area contributed by atoms with Crippen molar-refractivity contribution in [3.63, 3.8) is 0 Å². The van der Waals surface area contributed by atoms with E-state index in [4.69, 9.17) is 10.7 Å². The molecule has 1 aromatic heterocycles. The minimum absolute atomic E-state index is 0.0885. The van der Waals surface area contributed by atoms with Gasteiger partial charge in [0.25, 0.3) is 0 Å². The van der Waals surface area contributed by atoms with Gasteiger partial charge in [-0.2, -0.15) is 0 Å². The number of nitrogens with two attached hydrogens (primary N) is 1. The summed E-state index contributed by atoms with van der Waals surface area (Å²) in [5.41, 5.74) is 7.07. The molecule has 106 valence electrons. The van der Waals surface area contributed by atoms with Gasteiger partial charge in [-0.25, -0.2) is 9.97 Å². The van der Waals surface area contributed by atoms with Gasteiger partial charge in [-0.05, 0) is 26.7 Å². The van der Waals surface area contributed by atoms with Gasteiger partial charge in [0.05, 0.1) is 0 Å². The number of nitrogens with one attached hydrogen (secondary N) is 1. The second-order valence-electron chi connectivity index (χ2n) is 7.05. The van der Waals surface area contributed by atoms with Crippen LogP contribution in [0.25, 0.3) is 0 Å². The van der Waals surface area contributed by atoms with Crippen molar-refractivity contribution < 1.29 is 0 Å². The highest BCUT2D eigenvalue weighted by Crippen LogP contribution is 2.34. The monoisotopic (exact) mass is 262 g/mol. The summed E-state index contributed by atoms with van der Waals surface area (Å²) in [5.74, 6) is 2.30.